The zero-order valence-corrected chi connectivity index (χ0v) is 12.2. The molecule has 2 aromatic rings. The average Bonchev–Trinajstić information content (AvgIpc) is 2.45. The lowest BCUT2D eigenvalue weighted by atomic mass is 10.1. The van der Waals surface area contributed by atoms with Gasteiger partial charge in [-0.3, -0.25) is 0 Å². The Kier molecular flexibility index (Phi) is 5.14. The van der Waals surface area contributed by atoms with Crippen molar-refractivity contribution in [2.45, 2.75) is 10.9 Å². The fraction of sp³-hybridized carbons (Fsp3) is 0.200. The SMILES string of the molecule is CSc1ccc(C(CO)Nc2cccc(Cl)c2)cc1. The molecule has 0 saturated heterocycles. The van der Waals surface area contributed by atoms with Crippen molar-refractivity contribution < 1.29 is 5.11 Å². The van der Waals surface area contributed by atoms with Crippen LogP contribution in [0, 0.1) is 0 Å². The number of halogens is 1. The molecule has 0 aliphatic rings. The van der Waals surface area contributed by atoms with Crippen LogP contribution in [0.5, 0.6) is 0 Å². The van der Waals surface area contributed by atoms with E-state index in [0.29, 0.717) is 5.02 Å². The molecule has 0 amide bonds. The predicted octanol–water partition coefficient (Wildman–Crippen LogP) is 4.21. The van der Waals surface area contributed by atoms with E-state index < -0.39 is 0 Å². The topological polar surface area (TPSA) is 32.3 Å². The Morgan fingerprint density at radius 3 is 2.53 bits per heavy atom. The summed E-state index contributed by atoms with van der Waals surface area (Å²) < 4.78 is 0. The highest BCUT2D eigenvalue weighted by molar-refractivity contribution is 7.98. The highest BCUT2D eigenvalue weighted by Crippen LogP contribution is 2.23. The van der Waals surface area contributed by atoms with Crippen molar-refractivity contribution >= 4 is 29.1 Å². The van der Waals surface area contributed by atoms with Crippen molar-refractivity contribution in [1.82, 2.24) is 0 Å². The van der Waals surface area contributed by atoms with Crippen LogP contribution in [-0.4, -0.2) is 18.0 Å². The van der Waals surface area contributed by atoms with Crippen LogP contribution in [0.1, 0.15) is 11.6 Å². The van der Waals surface area contributed by atoms with E-state index in [-0.39, 0.29) is 12.6 Å². The summed E-state index contributed by atoms with van der Waals surface area (Å²) in [7, 11) is 0. The van der Waals surface area contributed by atoms with Gasteiger partial charge in [-0.25, -0.2) is 0 Å². The third kappa shape index (κ3) is 3.90. The zero-order chi connectivity index (χ0) is 13.7. The van der Waals surface area contributed by atoms with Crippen molar-refractivity contribution in [3.05, 3.63) is 59.1 Å². The summed E-state index contributed by atoms with van der Waals surface area (Å²) in [4.78, 5) is 1.21. The van der Waals surface area contributed by atoms with Gasteiger partial charge in [0, 0.05) is 15.6 Å². The van der Waals surface area contributed by atoms with Crippen LogP contribution >= 0.6 is 23.4 Å². The summed E-state index contributed by atoms with van der Waals surface area (Å²) in [6, 6.07) is 15.5. The smallest absolute Gasteiger partial charge is 0.0745 e. The number of thioether (sulfide) groups is 1. The molecule has 0 aromatic heterocycles. The molecule has 0 spiro atoms. The second-order valence-corrected chi connectivity index (χ2v) is 5.48. The van der Waals surface area contributed by atoms with Crippen LogP contribution in [-0.2, 0) is 0 Å². The second kappa shape index (κ2) is 6.85. The molecule has 2 N–H and O–H groups in total. The second-order valence-electron chi connectivity index (χ2n) is 4.16. The fourth-order valence-electron chi connectivity index (χ4n) is 1.85. The number of nitrogens with one attached hydrogen (secondary N) is 1. The van der Waals surface area contributed by atoms with E-state index in [1.807, 2.05) is 42.7 Å². The quantitative estimate of drug-likeness (QED) is 0.810. The van der Waals surface area contributed by atoms with Crippen molar-refractivity contribution in [1.29, 1.82) is 0 Å². The molecule has 19 heavy (non-hydrogen) atoms. The number of aliphatic hydroxyl groups is 1. The van der Waals surface area contributed by atoms with Gasteiger partial charge in [0.25, 0.3) is 0 Å². The lowest BCUT2D eigenvalue weighted by Crippen LogP contribution is -2.14. The Labute approximate surface area is 122 Å². The van der Waals surface area contributed by atoms with E-state index in [4.69, 9.17) is 11.6 Å². The van der Waals surface area contributed by atoms with Crippen LogP contribution < -0.4 is 5.32 Å². The first-order valence-corrected chi connectivity index (χ1v) is 7.60. The van der Waals surface area contributed by atoms with Crippen LogP contribution in [0.3, 0.4) is 0 Å². The van der Waals surface area contributed by atoms with Gasteiger partial charge in [0.05, 0.1) is 12.6 Å². The third-order valence-corrected chi connectivity index (χ3v) is 3.84. The normalized spacial score (nSPS) is 12.2. The monoisotopic (exact) mass is 293 g/mol. The molecule has 2 aromatic carbocycles. The van der Waals surface area contributed by atoms with Crippen LogP contribution in [0.4, 0.5) is 5.69 Å². The molecule has 0 heterocycles. The molecule has 2 nitrogen and oxygen atoms in total. The van der Waals surface area contributed by atoms with Gasteiger partial charge in [0.2, 0.25) is 0 Å². The standard InChI is InChI=1S/C15H16ClNOS/c1-19-14-7-5-11(6-8-14)15(10-18)17-13-4-2-3-12(16)9-13/h2-9,15,17-18H,10H2,1H3. The van der Waals surface area contributed by atoms with E-state index in [0.717, 1.165) is 11.3 Å². The van der Waals surface area contributed by atoms with Crippen molar-refractivity contribution in [3.8, 4) is 0 Å². The molecule has 100 valence electrons. The van der Waals surface area contributed by atoms with Gasteiger partial charge in [-0.2, -0.15) is 0 Å². The Morgan fingerprint density at radius 1 is 1.21 bits per heavy atom. The number of aliphatic hydroxyl groups excluding tert-OH is 1. The molecule has 0 fully saturated rings. The van der Waals surface area contributed by atoms with Gasteiger partial charge < -0.3 is 10.4 Å². The summed E-state index contributed by atoms with van der Waals surface area (Å²) in [6.45, 7) is 0.0329. The van der Waals surface area contributed by atoms with Crippen molar-refractivity contribution in [2.75, 3.05) is 18.2 Å². The minimum Gasteiger partial charge on any atom is -0.394 e. The summed E-state index contributed by atoms with van der Waals surface area (Å²) in [5.41, 5.74) is 1.96. The van der Waals surface area contributed by atoms with Gasteiger partial charge in [-0.05, 0) is 42.2 Å². The first-order chi connectivity index (χ1) is 9.22. The van der Waals surface area contributed by atoms with E-state index >= 15 is 0 Å². The maximum absolute atomic E-state index is 9.54. The molecule has 0 radical (unpaired) electrons. The first-order valence-electron chi connectivity index (χ1n) is 6.00. The average molecular weight is 294 g/mol. The molecule has 0 aliphatic heterocycles. The lowest BCUT2D eigenvalue weighted by molar-refractivity contribution is 0.276. The minimum absolute atomic E-state index is 0.0329. The van der Waals surface area contributed by atoms with Crippen LogP contribution in [0.25, 0.3) is 0 Å². The number of rotatable bonds is 5. The Hall–Kier alpha value is -1.16. The predicted molar refractivity (Wildman–Crippen MR) is 83.1 cm³/mol. The highest BCUT2D eigenvalue weighted by atomic mass is 35.5. The largest absolute Gasteiger partial charge is 0.394 e. The molecular formula is C15H16ClNOS. The van der Waals surface area contributed by atoms with Gasteiger partial charge in [0.15, 0.2) is 0 Å². The van der Waals surface area contributed by atoms with Gasteiger partial charge >= 0.3 is 0 Å². The maximum atomic E-state index is 9.54. The molecule has 1 unspecified atom stereocenters. The number of benzene rings is 2. The number of anilines is 1. The van der Waals surface area contributed by atoms with Gasteiger partial charge in [-0.15, -0.1) is 11.8 Å². The lowest BCUT2D eigenvalue weighted by Gasteiger charge is -2.18. The number of hydrogen-bond donors (Lipinski definition) is 2. The zero-order valence-electron chi connectivity index (χ0n) is 10.6. The molecule has 0 bridgehead atoms. The molecule has 4 heteroatoms. The molecule has 2 rings (SSSR count). The third-order valence-electron chi connectivity index (χ3n) is 2.87. The fourth-order valence-corrected chi connectivity index (χ4v) is 2.45. The molecule has 0 saturated carbocycles. The Bertz CT molecular complexity index is 530. The Balaban J connectivity index is 2.15. The van der Waals surface area contributed by atoms with Crippen molar-refractivity contribution in [2.24, 2.45) is 0 Å². The Morgan fingerprint density at radius 2 is 1.95 bits per heavy atom. The molecule has 1 atom stereocenters. The van der Waals surface area contributed by atoms with Crippen LogP contribution in [0.2, 0.25) is 5.02 Å². The van der Waals surface area contributed by atoms with E-state index in [1.165, 1.54) is 4.90 Å². The van der Waals surface area contributed by atoms with Gasteiger partial charge in [-0.1, -0.05) is 29.8 Å². The highest BCUT2D eigenvalue weighted by Gasteiger charge is 2.10. The summed E-state index contributed by atoms with van der Waals surface area (Å²) in [6.07, 6.45) is 2.04. The number of hydrogen-bond acceptors (Lipinski definition) is 3. The van der Waals surface area contributed by atoms with E-state index in [2.05, 4.69) is 17.4 Å². The minimum atomic E-state index is -0.130. The van der Waals surface area contributed by atoms with Crippen molar-refractivity contribution in [3.63, 3.8) is 0 Å². The molecule has 0 aliphatic carbocycles. The van der Waals surface area contributed by atoms with Crippen LogP contribution in [0.15, 0.2) is 53.4 Å². The molecular weight excluding hydrogens is 278 g/mol. The van der Waals surface area contributed by atoms with E-state index in [1.54, 1.807) is 11.8 Å². The summed E-state index contributed by atoms with van der Waals surface area (Å²) in [5.74, 6) is 0. The summed E-state index contributed by atoms with van der Waals surface area (Å²) in [5, 5.41) is 13.5. The summed E-state index contributed by atoms with van der Waals surface area (Å²) >= 11 is 7.65. The maximum Gasteiger partial charge on any atom is 0.0745 e. The first kappa shape index (κ1) is 14.3. The van der Waals surface area contributed by atoms with E-state index in [9.17, 15) is 5.11 Å². The van der Waals surface area contributed by atoms with Gasteiger partial charge in [0.1, 0.15) is 0 Å².